The summed E-state index contributed by atoms with van der Waals surface area (Å²) in [5.74, 6) is -0.812. The van der Waals surface area contributed by atoms with E-state index in [9.17, 15) is 13.4 Å². The van der Waals surface area contributed by atoms with Crippen LogP contribution in [0.25, 0.3) is 11.0 Å². The van der Waals surface area contributed by atoms with Crippen LogP contribution in [0.15, 0.2) is 36.7 Å². The van der Waals surface area contributed by atoms with E-state index in [0.29, 0.717) is 21.8 Å². The summed E-state index contributed by atoms with van der Waals surface area (Å²) in [5, 5.41) is 0.903. The van der Waals surface area contributed by atoms with Gasteiger partial charge in [-0.1, -0.05) is 31.0 Å². The number of ketones is 1. The fourth-order valence-electron chi connectivity index (χ4n) is 2.55. The molecule has 1 atom stereocenters. The van der Waals surface area contributed by atoms with E-state index in [4.69, 9.17) is 11.6 Å². The number of hydrogen-bond donors (Lipinski definition) is 2. The Morgan fingerprint density at radius 1 is 1.38 bits per heavy atom. The lowest BCUT2D eigenvalue weighted by molar-refractivity contribution is 0.103. The molecule has 2 N–H and O–H groups in total. The third kappa shape index (κ3) is 3.78. The minimum atomic E-state index is -1.40. The predicted molar refractivity (Wildman–Crippen MR) is 102 cm³/mol. The molecule has 2 heterocycles. The van der Waals surface area contributed by atoms with E-state index in [1.807, 2.05) is 6.92 Å². The number of unbranched alkanes of at least 4 members (excludes halogenated alkanes) is 1. The molecule has 2 aromatic heterocycles. The third-order valence-corrected chi connectivity index (χ3v) is 5.21. The molecule has 0 saturated carbocycles. The summed E-state index contributed by atoms with van der Waals surface area (Å²) in [6.45, 7) is 1.99. The normalized spacial score (nSPS) is 12.3. The Hall–Kier alpha value is -2.25. The highest BCUT2D eigenvalue weighted by atomic mass is 35.5. The van der Waals surface area contributed by atoms with Crippen LogP contribution in [-0.2, 0) is 11.0 Å². The molecule has 0 saturated heterocycles. The van der Waals surface area contributed by atoms with E-state index >= 15 is 0 Å². The van der Waals surface area contributed by atoms with Crippen molar-refractivity contribution in [3.63, 3.8) is 0 Å². The van der Waals surface area contributed by atoms with Crippen LogP contribution in [0, 0.1) is 5.82 Å². The number of fused-ring (bicyclic) bond motifs is 1. The summed E-state index contributed by atoms with van der Waals surface area (Å²) in [4.78, 5) is 19.8. The van der Waals surface area contributed by atoms with E-state index in [1.54, 1.807) is 12.1 Å². The number of nitrogens with zero attached hydrogens (tertiary/aromatic N) is 1. The van der Waals surface area contributed by atoms with Crippen molar-refractivity contribution in [2.24, 2.45) is 0 Å². The van der Waals surface area contributed by atoms with Gasteiger partial charge in [0.25, 0.3) is 0 Å². The summed E-state index contributed by atoms with van der Waals surface area (Å²) in [6, 6.07) is 6.02. The SMILES string of the molecule is CCCCS(=O)Nc1cccc(C(=O)c2c[nH]c3ncc(Cl)cc23)c1F. The first kappa shape index (κ1) is 18.5. The molecule has 1 aromatic carbocycles. The number of halogens is 2. The molecule has 5 nitrogen and oxygen atoms in total. The van der Waals surface area contributed by atoms with Crippen molar-refractivity contribution < 1.29 is 13.4 Å². The molecule has 0 bridgehead atoms. The molecule has 0 aliphatic heterocycles. The van der Waals surface area contributed by atoms with Gasteiger partial charge in [-0.05, 0) is 24.6 Å². The molecular formula is C18H17ClFN3O2S. The van der Waals surface area contributed by atoms with Crippen molar-refractivity contribution in [3.8, 4) is 0 Å². The van der Waals surface area contributed by atoms with E-state index in [1.165, 1.54) is 24.5 Å². The number of aromatic amines is 1. The summed E-state index contributed by atoms with van der Waals surface area (Å²) in [5.41, 5.74) is 0.705. The van der Waals surface area contributed by atoms with Crippen LogP contribution < -0.4 is 4.72 Å². The van der Waals surface area contributed by atoms with Crippen molar-refractivity contribution in [3.05, 3.63) is 58.6 Å². The maximum Gasteiger partial charge on any atom is 0.198 e. The van der Waals surface area contributed by atoms with Gasteiger partial charge in [-0.15, -0.1) is 0 Å². The van der Waals surface area contributed by atoms with Crippen molar-refractivity contribution in [2.75, 3.05) is 10.5 Å². The second-order valence-electron chi connectivity index (χ2n) is 5.75. The Balaban J connectivity index is 1.93. The van der Waals surface area contributed by atoms with Crippen molar-refractivity contribution in [1.29, 1.82) is 0 Å². The van der Waals surface area contributed by atoms with Gasteiger partial charge in [0.05, 0.1) is 16.3 Å². The maximum absolute atomic E-state index is 14.8. The molecule has 26 heavy (non-hydrogen) atoms. The van der Waals surface area contributed by atoms with Gasteiger partial charge in [0.1, 0.15) is 16.6 Å². The summed E-state index contributed by atoms with van der Waals surface area (Å²) in [6.07, 6.45) is 4.61. The van der Waals surface area contributed by atoms with Crippen LogP contribution in [-0.4, -0.2) is 25.7 Å². The zero-order valence-electron chi connectivity index (χ0n) is 14.0. The summed E-state index contributed by atoms with van der Waals surface area (Å²) in [7, 11) is -1.40. The van der Waals surface area contributed by atoms with Gasteiger partial charge in [0.15, 0.2) is 11.6 Å². The Morgan fingerprint density at radius 3 is 2.96 bits per heavy atom. The monoisotopic (exact) mass is 393 g/mol. The van der Waals surface area contributed by atoms with Crippen LogP contribution >= 0.6 is 11.6 Å². The molecule has 0 spiro atoms. The smallest absolute Gasteiger partial charge is 0.198 e. The minimum absolute atomic E-state index is 0.0429. The zero-order chi connectivity index (χ0) is 18.7. The van der Waals surface area contributed by atoms with Gasteiger partial charge in [-0.2, -0.15) is 0 Å². The lowest BCUT2D eigenvalue weighted by Gasteiger charge is -2.09. The van der Waals surface area contributed by atoms with Crippen LogP contribution in [0.4, 0.5) is 10.1 Å². The summed E-state index contributed by atoms with van der Waals surface area (Å²) < 4.78 is 29.4. The molecule has 0 amide bonds. The molecule has 3 aromatic rings. The fourth-order valence-corrected chi connectivity index (χ4v) is 3.76. The van der Waals surface area contributed by atoms with Crippen molar-refractivity contribution in [1.82, 2.24) is 9.97 Å². The van der Waals surface area contributed by atoms with Gasteiger partial charge in [0.2, 0.25) is 0 Å². The van der Waals surface area contributed by atoms with E-state index in [-0.39, 0.29) is 16.8 Å². The Bertz CT molecular complexity index is 990. The second kappa shape index (κ2) is 7.97. The van der Waals surface area contributed by atoms with E-state index in [0.717, 1.165) is 12.8 Å². The molecule has 0 radical (unpaired) electrons. The number of hydrogen-bond acceptors (Lipinski definition) is 3. The van der Waals surface area contributed by atoms with Crippen LogP contribution in [0.3, 0.4) is 0 Å². The third-order valence-electron chi connectivity index (χ3n) is 3.89. The lowest BCUT2D eigenvalue weighted by atomic mass is 10.0. The number of carbonyl (C=O) groups excluding carboxylic acids is 1. The average Bonchev–Trinajstić information content (AvgIpc) is 3.04. The van der Waals surface area contributed by atoms with E-state index in [2.05, 4.69) is 14.7 Å². The van der Waals surface area contributed by atoms with Gasteiger partial charge in [-0.3, -0.25) is 4.79 Å². The molecule has 136 valence electrons. The Labute approximate surface area is 157 Å². The maximum atomic E-state index is 14.8. The largest absolute Gasteiger partial charge is 0.345 e. The topological polar surface area (TPSA) is 74.8 Å². The average molecular weight is 394 g/mol. The lowest BCUT2D eigenvalue weighted by Crippen LogP contribution is -2.12. The number of pyridine rings is 1. The van der Waals surface area contributed by atoms with Gasteiger partial charge in [-0.25, -0.2) is 13.6 Å². The number of benzene rings is 1. The van der Waals surface area contributed by atoms with Crippen LogP contribution in [0.5, 0.6) is 0 Å². The Morgan fingerprint density at radius 2 is 2.19 bits per heavy atom. The number of nitrogens with one attached hydrogen (secondary N) is 2. The molecule has 8 heteroatoms. The zero-order valence-corrected chi connectivity index (χ0v) is 15.6. The molecule has 0 fully saturated rings. The van der Waals surface area contributed by atoms with Gasteiger partial charge < -0.3 is 9.71 Å². The predicted octanol–water partition coefficient (Wildman–Crippen LogP) is 4.46. The van der Waals surface area contributed by atoms with Gasteiger partial charge in [0, 0.05) is 29.1 Å². The molecular weight excluding hydrogens is 377 g/mol. The number of rotatable bonds is 7. The number of anilines is 1. The highest BCUT2D eigenvalue weighted by Gasteiger charge is 2.20. The standard InChI is InChI=1S/C18H17ClFN3O2S/c1-2-3-7-26(25)23-15-6-4-5-12(16(15)20)17(24)14-10-22-18-13(14)8-11(19)9-21-18/h4-6,8-10,23H,2-3,7H2,1H3,(H,21,22). The Kier molecular flexibility index (Phi) is 5.68. The summed E-state index contributed by atoms with van der Waals surface area (Å²) >= 11 is 5.95. The fraction of sp³-hybridized carbons (Fsp3) is 0.222. The van der Waals surface area contributed by atoms with Crippen molar-refractivity contribution in [2.45, 2.75) is 19.8 Å². The van der Waals surface area contributed by atoms with Crippen LogP contribution in [0.1, 0.15) is 35.7 Å². The van der Waals surface area contributed by atoms with Crippen LogP contribution in [0.2, 0.25) is 5.02 Å². The van der Waals surface area contributed by atoms with Gasteiger partial charge >= 0.3 is 0 Å². The molecule has 0 aliphatic rings. The molecule has 0 aliphatic carbocycles. The first-order valence-electron chi connectivity index (χ1n) is 8.12. The van der Waals surface area contributed by atoms with E-state index < -0.39 is 22.6 Å². The number of H-pyrrole nitrogens is 1. The molecule has 1 unspecified atom stereocenters. The second-order valence-corrected chi connectivity index (χ2v) is 7.49. The number of carbonyl (C=O) groups is 1. The first-order chi connectivity index (χ1) is 12.5. The highest BCUT2D eigenvalue weighted by Crippen LogP contribution is 2.26. The minimum Gasteiger partial charge on any atom is -0.345 e. The highest BCUT2D eigenvalue weighted by molar-refractivity contribution is 7.86. The first-order valence-corrected chi connectivity index (χ1v) is 9.81. The van der Waals surface area contributed by atoms with Crippen molar-refractivity contribution >= 4 is 45.1 Å². The number of aromatic nitrogens is 2. The quantitative estimate of drug-likeness (QED) is 0.582. The molecule has 3 rings (SSSR count).